The standard InChI is InChI=1S/C10H17NO/c1-8-4-6-10(3,7-5-8)11-9(2)12/h4H,5-7H2,1-3H3,(H,11,12). The number of carbonyl (C=O) groups excluding carboxylic acids is 1. The van der Waals surface area contributed by atoms with Gasteiger partial charge in [0.15, 0.2) is 0 Å². The van der Waals surface area contributed by atoms with E-state index in [4.69, 9.17) is 0 Å². The van der Waals surface area contributed by atoms with Gasteiger partial charge < -0.3 is 5.32 Å². The Kier molecular flexibility index (Phi) is 2.55. The van der Waals surface area contributed by atoms with E-state index >= 15 is 0 Å². The highest BCUT2D eigenvalue weighted by Crippen LogP contribution is 2.26. The van der Waals surface area contributed by atoms with E-state index in [1.165, 1.54) is 5.57 Å². The van der Waals surface area contributed by atoms with Crippen LogP contribution < -0.4 is 5.32 Å². The first-order valence-corrected chi connectivity index (χ1v) is 4.46. The Morgan fingerprint density at radius 1 is 1.67 bits per heavy atom. The predicted octanol–water partition coefficient (Wildman–Crippen LogP) is 2.01. The van der Waals surface area contributed by atoms with Gasteiger partial charge in [0.2, 0.25) is 5.91 Å². The van der Waals surface area contributed by atoms with Crippen molar-refractivity contribution >= 4 is 5.91 Å². The predicted molar refractivity (Wildman–Crippen MR) is 49.8 cm³/mol. The molecule has 12 heavy (non-hydrogen) atoms. The second kappa shape index (κ2) is 3.30. The molecular formula is C10H17NO. The average Bonchev–Trinajstić information content (AvgIpc) is 1.94. The van der Waals surface area contributed by atoms with Crippen LogP contribution in [0.4, 0.5) is 0 Å². The molecule has 2 nitrogen and oxygen atoms in total. The topological polar surface area (TPSA) is 29.1 Å². The summed E-state index contributed by atoms with van der Waals surface area (Å²) in [6, 6.07) is 0. The third kappa shape index (κ3) is 2.36. The summed E-state index contributed by atoms with van der Waals surface area (Å²) < 4.78 is 0. The lowest BCUT2D eigenvalue weighted by Gasteiger charge is -2.32. The second-order valence-electron chi connectivity index (χ2n) is 4.00. The van der Waals surface area contributed by atoms with Crippen LogP contribution in [0.15, 0.2) is 11.6 Å². The van der Waals surface area contributed by atoms with E-state index in [9.17, 15) is 4.79 Å². The van der Waals surface area contributed by atoms with Gasteiger partial charge in [-0.25, -0.2) is 0 Å². The molecule has 0 aromatic rings. The Morgan fingerprint density at radius 3 is 2.75 bits per heavy atom. The molecule has 0 saturated carbocycles. The van der Waals surface area contributed by atoms with Gasteiger partial charge >= 0.3 is 0 Å². The number of carbonyl (C=O) groups is 1. The van der Waals surface area contributed by atoms with E-state index in [1.807, 2.05) is 0 Å². The highest BCUT2D eigenvalue weighted by molar-refractivity contribution is 5.73. The molecular weight excluding hydrogens is 150 g/mol. The largest absolute Gasteiger partial charge is 0.351 e. The van der Waals surface area contributed by atoms with Crippen molar-refractivity contribution in [3.05, 3.63) is 11.6 Å². The minimum atomic E-state index is 0.00530. The Balaban J connectivity index is 2.57. The smallest absolute Gasteiger partial charge is 0.217 e. The molecule has 0 aromatic heterocycles. The SMILES string of the molecule is CC(=O)NC1(C)CC=C(C)CC1. The van der Waals surface area contributed by atoms with Crippen molar-refractivity contribution in [2.75, 3.05) is 0 Å². The Labute approximate surface area is 74.0 Å². The minimum Gasteiger partial charge on any atom is -0.351 e. The third-order valence-electron chi connectivity index (χ3n) is 2.45. The zero-order valence-corrected chi connectivity index (χ0v) is 8.11. The molecule has 0 saturated heterocycles. The summed E-state index contributed by atoms with van der Waals surface area (Å²) in [5, 5.41) is 3.00. The zero-order valence-electron chi connectivity index (χ0n) is 8.11. The lowest BCUT2D eigenvalue weighted by atomic mass is 9.84. The van der Waals surface area contributed by atoms with Gasteiger partial charge in [0, 0.05) is 12.5 Å². The van der Waals surface area contributed by atoms with Gasteiger partial charge in [-0.1, -0.05) is 11.6 Å². The molecule has 1 N–H and O–H groups in total. The number of hydrogen-bond donors (Lipinski definition) is 1. The van der Waals surface area contributed by atoms with Gasteiger partial charge in [0.25, 0.3) is 0 Å². The van der Waals surface area contributed by atoms with E-state index in [-0.39, 0.29) is 11.4 Å². The van der Waals surface area contributed by atoms with Crippen molar-refractivity contribution in [1.82, 2.24) is 5.32 Å². The summed E-state index contributed by atoms with van der Waals surface area (Å²) >= 11 is 0. The first-order valence-electron chi connectivity index (χ1n) is 4.46. The maximum atomic E-state index is 10.9. The summed E-state index contributed by atoms with van der Waals surface area (Å²) in [6.45, 7) is 5.83. The normalized spacial score (nSPS) is 29.4. The number of hydrogen-bond acceptors (Lipinski definition) is 1. The van der Waals surface area contributed by atoms with Crippen LogP contribution in [0.3, 0.4) is 0 Å². The molecule has 0 bridgehead atoms. The van der Waals surface area contributed by atoms with Gasteiger partial charge in [-0.05, 0) is 33.1 Å². The Morgan fingerprint density at radius 2 is 2.33 bits per heavy atom. The summed E-state index contributed by atoms with van der Waals surface area (Å²) in [7, 11) is 0. The molecule has 2 heteroatoms. The first kappa shape index (κ1) is 9.30. The van der Waals surface area contributed by atoms with Crippen LogP contribution in [0.25, 0.3) is 0 Å². The summed E-state index contributed by atoms with van der Waals surface area (Å²) in [5.74, 6) is 0.0745. The van der Waals surface area contributed by atoms with Crippen LogP contribution in [-0.2, 0) is 4.79 Å². The van der Waals surface area contributed by atoms with Crippen LogP contribution >= 0.6 is 0 Å². The molecule has 1 aliphatic carbocycles. The van der Waals surface area contributed by atoms with E-state index in [0.29, 0.717) is 0 Å². The van der Waals surface area contributed by atoms with Crippen molar-refractivity contribution in [3.8, 4) is 0 Å². The Bertz CT molecular complexity index is 220. The molecule has 1 unspecified atom stereocenters. The monoisotopic (exact) mass is 167 g/mol. The van der Waals surface area contributed by atoms with Crippen molar-refractivity contribution in [2.24, 2.45) is 0 Å². The maximum Gasteiger partial charge on any atom is 0.217 e. The number of amides is 1. The fourth-order valence-electron chi connectivity index (χ4n) is 1.62. The highest BCUT2D eigenvalue weighted by atomic mass is 16.1. The fraction of sp³-hybridized carbons (Fsp3) is 0.700. The number of nitrogens with one attached hydrogen (secondary N) is 1. The third-order valence-corrected chi connectivity index (χ3v) is 2.45. The molecule has 0 radical (unpaired) electrons. The molecule has 1 amide bonds. The number of allylic oxidation sites excluding steroid dienone is 1. The van der Waals surface area contributed by atoms with E-state index < -0.39 is 0 Å². The lowest BCUT2D eigenvalue weighted by Crippen LogP contribution is -2.45. The highest BCUT2D eigenvalue weighted by Gasteiger charge is 2.26. The molecule has 1 rings (SSSR count). The summed E-state index contributed by atoms with van der Waals surface area (Å²) in [6.07, 6.45) is 5.36. The second-order valence-corrected chi connectivity index (χ2v) is 4.00. The van der Waals surface area contributed by atoms with Crippen LogP contribution in [0.1, 0.15) is 40.0 Å². The van der Waals surface area contributed by atoms with Crippen LogP contribution in [0, 0.1) is 0 Å². The van der Waals surface area contributed by atoms with Crippen LogP contribution in [-0.4, -0.2) is 11.4 Å². The van der Waals surface area contributed by atoms with Crippen molar-refractivity contribution in [2.45, 2.75) is 45.6 Å². The first-order chi connectivity index (χ1) is 5.52. The lowest BCUT2D eigenvalue weighted by molar-refractivity contribution is -0.120. The average molecular weight is 167 g/mol. The van der Waals surface area contributed by atoms with Gasteiger partial charge in [-0.2, -0.15) is 0 Å². The molecule has 0 spiro atoms. The zero-order chi connectivity index (χ0) is 9.19. The van der Waals surface area contributed by atoms with Gasteiger partial charge in [0.05, 0.1) is 0 Å². The summed E-state index contributed by atoms with van der Waals surface area (Å²) in [4.78, 5) is 10.9. The molecule has 68 valence electrons. The fourth-order valence-corrected chi connectivity index (χ4v) is 1.62. The van der Waals surface area contributed by atoms with Gasteiger partial charge in [-0.15, -0.1) is 0 Å². The van der Waals surface area contributed by atoms with Crippen molar-refractivity contribution < 1.29 is 4.79 Å². The van der Waals surface area contributed by atoms with E-state index in [1.54, 1.807) is 6.92 Å². The summed E-state index contributed by atoms with van der Waals surface area (Å²) in [5.41, 5.74) is 1.45. The van der Waals surface area contributed by atoms with Crippen LogP contribution in [0.2, 0.25) is 0 Å². The minimum absolute atomic E-state index is 0.00530. The number of rotatable bonds is 1. The van der Waals surface area contributed by atoms with Gasteiger partial charge in [-0.3, -0.25) is 4.79 Å². The van der Waals surface area contributed by atoms with Crippen LogP contribution in [0.5, 0.6) is 0 Å². The van der Waals surface area contributed by atoms with E-state index in [0.717, 1.165) is 19.3 Å². The molecule has 0 aliphatic heterocycles. The van der Waals surface area contributed by atoms with E-state index in [2.05, 4.69) is 25.2 Å². The molecule has 0 fully saturated rings. The molecule has 1 atom stereocenters. The van der Waals surface area contributed by atoms with Crippen molar-refractivity contribution in [1.29, 1.82) is 0 Å². The quantitative estimate of drug-likeness (QED) is 0.595. The maximum absolute atomic E-state index is 10.9. The molecule has 0 heterocycles. The Hall–Kier alpha value is -0.790. The molecule has 0 aromatic carbocycles. The van der Waals surface area contributed by atoms with Crippen molar-refractivity contribution in [3.63, 3.8) is 0 Å². The molecule has 1 aliphatic rings. The van der Waals surface area contributed by atoms with Gasteiger partial charge in [0.1, 0.15) is 0 Å².